The monoisotopic (exact) mass is 593 g/mol. The number of thiazole rings is 1. The molecule has 0 saturated carbocycles. The molecule has 0 fully saturated rings. The lowest BCUT2D eigenvalue weighted by Crippen LogP contribution is -2.15. The predicted octanol–water partition coefficient (Wildman–Crippen LogP) is 7.27. The zero-order valence-electron chi connectivity index (χ0n) is 18.3. The van der Waals surface area contributed by atoms with Gasteiger partial charge in [-0.3, -0.25) is 4.72 Å². The van der Waals surface area contributed by atoms with Crippen molar-refractivity contribution in [2.24, 2.45) is 0 Å². The fraction of sp³-hybridized carbons (Fsp3) is 0. The van der Waals surface area contributed by atoms with Crippen molar-refractivity contribution in [3.05, 3.63) is 88.7 Å². The van der Waals surface area contributed by atoms with E-state index < -0.39 is 10.0 Å². The minimum Gasteiger partial charge on any atom is -0.337 e. The maximum atomic E-state index is 13.0. The normalized spacial score (nSPS) is 11.7. The Hall–Kier alpha value is -3.38. The average molecular weight is 595 g/mol. The molecule has 0 aliphatic rings. The van der Waals surface area contributed by atoms with Gasteiger partial charge in [0.25, 0.3) is 10.0 Å². The van der Waals surface area contributed by atoms with Crippen LogP contribution in [0.1, 0.15) is 0 Å². The molecule has 11 heteroatoms. The van der Waals surface area contributed by atoms with E-state index in [2.05, 4.69) is 42.0 Å². The molecule has 0 bridgehead atoms. The predicted molar refractivity (Wildman–Crippen MR) is 151 cm³/mol. The molecule has 6 rings (SSSR count). The Balaban J connectivity index is 1.34. The number of rotatable bonds is 6. The second-order valence-corrected chi connectivity index (χ2v) is 13.2. The summed E-state index contributed by atoms with van der Waals surface area (Å²) in [5.41, 5.74) is 3.94. The van der Waals surface area contributed by atoms with Crippen molar-refractivity contribution in [3.63, 3.8) is 0 Å². The van der Waals surface area contributed by atoms with Gasteiger partial charge < -0.3 is 5.32 Å². The van der Waals surface area contributed by atoms with Crippen LogP contribution in [0.15, 0.2) is 92.9 Å². The molecule has 0 aliphatic carbocycles. The van der Waals surface area contributed by atoms with Gasteiger partial charge in [0, 0.05) is 11.3 Å². The molecule has 0 radical (unpaired) electrons. The Morgan fingerprint density at radius 3 is 2.03 bits per heavy atom. The summed E-state index contributed by atoms with van der Waals surface area (Å²) in [6.45, 7) is 0. The third-order valence-electron chi connectivity index (χ3n) is 5.30. The van der Waals surface area contributed by atoms with Crippen molar-refractivity contribution in [3.8, 4) is 10.6 Å². The van der Waals surface area contributed by atoms with Gasteiger partial charge in [-0.2, -0.15) is 0 Å². The molecule has 178 valence electrons. The Bertz CT molecular complexity index is 1800. The van der Waals surface area contributed by atoms with Gasteiger partial charge in [-0.25, -0.2) is 23.4 Å². The number of benzene rings is 3. The Labute approximate surface area is 223 Å². The highest BCUT2D eigenvalue weighted by molar-refractivity contribution is 9.11. The average Bonchev–Trinajstić information content (AvgIpc) is 3.51. The van der Waals surface area contributed by atoms with Crippen LogP contribution in [0.3, 0.4) is 0 Å². The van der Waals surface area contributed by atoms with Gasteiger partial charge in [0.1, 0.15) is 9.22 Å². The summed E-state index contributed by atoms with van der Waals surface area (Å²) in [5.74, 6) is 0.425. The van der Waals surface area contributed by atoms with E-state index in [1.165, 1.54) is 0 Å². The zero-order chi connectivity index (χ0) is 24.7. The zero-order valence-corrected chi connectivity index (χ0v) is 22.4. The minimum atomic E-state index is -3.84. The van der Waals surface area contributed by atoms with Crippen molar-refractivity contribution < 1.29 is 8.42 Å². The van der Waals surface area contributed by atoms with Gasteiger partial charge in [0.15, 0.2) is 11.6 Å². The van der Waals surface area contributed by atoms with Crippen molar-refractivity contribution >= 4 is 87.2 Å². The van der Waals surface area contributed by atoms with Crippen LogP contribution in [-0.2, 0) is 10.0 Å². The van der Waals surface area contributed by atoms with Gasteiger partial charge in [0.05, 0.1) is 25.0 Å². The summed E-state index contributed by atoms with van der Waals surface area (Å²) in [5, 5.41) is 4.16. The number of nitrogens with zero attached hydrogens (tertiary/aromatic N) is 3. The van der Waals surface area contributed by atoms with E-state index in [0.29, 0.717) is 16.9 Å². The molecule has 0 unspecified atom stereocenters. The Morgan fingerprint density at radius 1 is 0.694 bits per heavy atom. The minimum absolute atomic E-state index is 0.119. The lowest BCUT2D eigenvalue weighted by Gasteiger charge is -2.13. The molecule has 3 heterocycles. The number of halogens is 1. The number of anilines is 3. The first-order chi connectivity index (χ1) is 17.4. The molecule has 0 spiro atoms. The van der Waals surface area contributed by atoms with Crippen molar-refractivity contribution in [1.82, 2.24) is 15.0 Å². The molecule has 7 nitrogen and oxygen atoms in total. The molecule has 3 aromatic carbocycles. The first-order valence-electron chi connectivity index (χ1n) is 10.7. The van der Waals surface area contributed by atoms with Crippen molar-refractivity contribution in [2.45, 2.75) is 4.21 Å². The van der Waals surface area contributed by atoms with E-state index in [9.17, 15) is 8.42 Å². The number of nitrogens with one attached hydrogen (secondary N) is 2. The van der Waals surface area contributed by atoms with Crippen LogP contribution in [-0.4, -0.2) is 23.4 Å². The maximum absolute atomic E-state index is 13.0. The summed E-state index contributed by atoms with van der Waals surface area (Å²) in [4.78, 5) is 13.9. The van der Waals surface area contributed by atoms with Crippen LogP contribution in [0.4, 0.5) is 17.3 Å². The lowest BCUT2D eigenvalue weighted by molar-refractivity contribution is 0.603. The number of fused-ring (bicyclic) bond motifs is 2. The molecule has 0 saturated heterocycles. The molecule has 2 N–H and O–H groups in total. The molecule has 3 aromatic heterocycles. The summed E-state index contributed by atoms with van der Waals surface area (Å²) >= 11 is 6.07. The molecule has 0 aliphatic heterocycles. The third kappa shape index (κ3) is 4.58. The van der Waals surface area contributed by atoms with Crippen LogP contribution in [0.25, 0.3) is 31.8 Å². The second-order valence-electron chi connectivity index (χ2n) is 7.76. The highest BCUT2D eigenvalue weighted by atomic mass is 79.9. The van der Waals surface area contributed by atoms with E-state index in [-0.39, 0.29) is 10.0 Å². The van der Waals surface area contributed by atoms with Crippen LogP contribution in [0.5, 0.6) is 0 Å². The van der Waals surface area contributed by atoms with Gasteiger partial charge in [-0.05, 0) is 76.6 Å². The quantitative estimate of drug-likeness (QED) is 0.211. The first kappa shape index (κ1) is 23.0. The van der Waals surface area contributed by atoms with Crippen LogP contribution in [0, 0.1) is 0 Å². The molecule has 0 amide bonds. The van der Waals surface area contributed by atoms with Gasteiger partial charge in [0.2, 0.25) is 0 Å². The van der Waals surface area contributed by atoms with E-state index in [4.69, 9.17) is 4.98 Å². The fourth-order valence-electron chi connectivity index (χ4n) is 3.61. The standard InChI is InChI=1S/C25H16BrN5O2S3/c26-21-13-14-22(35-21)36(32,33)31-24-23(28-17-5-1-2-6-18(17)29-24)27-16-11-9-15(10-12-16)25-30-19-7-3-4-8-20(19)34-25/h1-14H,(H,27,28)(H,29,31). The summed E-state index contributed by atoms with van der Waals surface area (Å²) < 4.78 is 30.6. The number of aromatic nitrogens is 3. The first-order valence-corrected chi connectivity index (χ1v) is 14.6. The molecular formula is C25H16BrN5O2S3. The summed E-state index contributed by atoms with van der Waals surface area (Å²) in [7, 11) is -3.84. The smallest absolute Gasteiger partial charge is 0.272 e. The highest BCUT2D eigenvalue weighted by Crippen LogP contribution is 2.33. The van der Waals surface area contributed by atoms with Crippen LogP contribution >= 0.6 is 38.6 Å². The fourth-order valence-corrected chi connectivity index (χ4v) is 7.60. The Kier molecular flexibility index (Phi) is 5.92. The van der Waals surface area contributed by atoms with E-state index >= 15 is 0 Å². The largest absolute Gasteiger partial charge is 0.337 e. The van der Waals surface area contributed by atoms with E-state index in [1.54, 1.807) is 29.5 Å². The number of hydrogen-bond acceptors (Lipinski definition) is 8. The maximum Gasteiger partial charge on any atom is 0.272 e. The second kappa shape index (κ2) is 9.25. The molecule has 36 heavy (non-hydrogen) atoms. The van der Waals surface area contributed by atoms with Crippen LogP contribution in [0.2, 0.25) is 0 Å². The van der Waals surface area contributed by atoms with Gasteiger partial charge in [-0.15, -0.1) is 22.7 Å². The SMILES string of the molecule is O=S(=O)(Nc1nc2ccccc2nc1Nc1ccc(-c2nc3ccccc3s2)cc1)c1ccc(Br)s1. The molecule has 0 atom stereocenters. The van der Waals surface area contributed by atoms with Gasteiger partial charge in [-0.1, -0.05) is 24.3 Å². The third-order valence-corrected chi connectivity index (χ3v) is 9.84. The number of sulfonamides is 1. The van der Waals surface area contributed by atoms with Crippen molar-refractivity contribution in [1.29, 1.82) is 0 Å². The Morgan fingerprint density at radius 2 is 1.36 bits per heavy atom. The summed E-state index contributed by atoms with van der Waals surface area (Å²) in [6.07, 6.45) is 0. The molecule has 6 aromatic rings. The molecular weight excluding hydrogens is 578 g/mol. The van der Waals surface area contributed by atoms with Gasteiger partial charge >= 0.3 is 0 Å². The number of para-hydroxylation sites is 3. The topological polar surface area (TPSA) is 96.9 Å². The van der Waals surface area contributed by atoms with Crippen LogP contribution < -0.4 is 10.0 Å². The number of thiophene rings is 1. The highest BCUT2D eigenvalue weighted by Gasteiger charge is 2.21. The lowest BCUT2D eigenvalue weighted by atomic mass is 10.2. The van der Waals surface area contributed by atoms with Crippen molar-refractivity contribution in [2.75, 3.05) is 10.0 Å². The van der Waals surface area contributed by atoms with E-state index in [1.807, 2.05) is 60.7 Å². The number of hydrogen-bond donors (Lipinski definition) is 2. The summed E-state index contributed by atoms with van der Waals surface area (Å²) in [6, 6.07) is 26.4. The van der Waals surface area contributed by atoms with E-state index in [0.717, 1.165) is 41.6 Å².